The molecule has 27 heavy (non-hydrogen) atoms. The molecule has 1 aliphatic rings. The van der Waals surface area contributed by atoms with Crippen LogP contribution in [-0.2, 0) is 4.79 Å². The molecule has 2 aromatic rings. The van der Waals surface area contributed by atoms with Crippen molar-refractivity contribution in [1.29, 1.82) is 0 Å². The molecule has 6 heteroatoms. The Kier molecular flexibility index (Phi) is 6.39. The van der Waals surface area contributed by atoms with Crippen molar-refractivity contribution in [3.8, 4) is 0 Å². The molecule has 0 atom stereocenters. The monoisotopic (exact) mass is 431 g/mol. The second-order valence-corrected chi connectivity index (χ2v) is 7.29. The predicted molar refractivity (Wildman–Crippen MR) is 111 cm³/mol. The Morgan fingerprint density at radius 3 is 2.59 bits per heavy atom. The second-order valence-electron chi connectivity index (χ2n) is 6.38. The summed E-state index contributed by atoms with van der Waals surface area (Å²) in [6.07, 6.45) is 0. The van der Waals surface area contributed by atoms with E-state index in [4.69, 9.17) is 0 Å². The smallest absolute Gasteiger partial charge is 0.248 e. The summed E-state index contributed by atoms with van der Waals surface area (Å²) in [7, 11) is 0. The molecule has 1 heterocycles. The quantitative estimate of drug-likeness (QED) is 0.689. The first-order valence-corrected chi connectivity index (χ1v) is 9.96. The van der Waals surface area contributed by atoms with E-state index in [-0.39, 0.29) is 18.3 Å². The zero-order valence-electron chi connectivity index (χ0n) is 15.6. The van der Waals surface area contributed by atoms with E-state index in [1.54, 1.807) is 23.1 Å². The van der Waals surface area contributed by atoms with Crippen molar-refractivity contribution in [3.63, 3.8) is 0 Å². The number of halogens is 2. The summed E-state index contributed by atoms with van der Waals surface area (Å²) in [6.45, 7) is 7.45. The molecular formula is C21H23BrFN3O. The average molecular weight is 432 g/mol. The van der Waals surface area contributed by atoms with Gasteiger partial charge in [0.15, 0.2) is 0 Å². The number of hydrogen-bond donors (Lipinski definition) is 0. The number of carbonyl (C=O) groups excluding carboxylic acids is 1. The van der Waals surface area contributed by atoms with Gasteiger partial charge in [-0.3, -0.25) is 9.79 Å². The Labute approximate surface area is 167 Å². The molecule has 142 valence electrons. The number of rotatable bonds is 6. The van der Waals surface area contributed by atoms with Crippen molar-refractivity contribution < 1.29 is 9.18 Å². The maximum atomic E-state index is 14.4. The Bertz CT molecular complexity index is 864. The van der Waals surface area contributed by atoms with Crippen LogP contribution in [0.25, 0.3) is 0 Å². The molecule has 4 nitrogen and oxygen atoms in total. The Morgan fingerprint density at radius 1 is 1.15 bits per heavy atom. The van der Waals surface area contributed by atoms with Crippen LogP contribution < -0.4 is 4.90 Å². The number of benzene rings is 2. The number of nitrogens with zero attached hydrogens (tertiary/aromatic N) is 3. The number of benzodiazepines with no additional fused rings is 1. The fraction of sp³-hybridized carbons (Fsp3) is 0.333. The van der Waals surface area contributed by atoms with Gasteiger partial charge in [-0.2, -0.15) is 0 Å². The van der Waals surface area contributed by atoms with E-state index < -0.39 is 0 Å². The van der Waals surface area contributed by atoms with E-state index >= 15 is 0 Å². The van der Waals surface area contributed by atoms with Gasteiger partial charge in [-0.1, -0.05) is 41.9 Å². The zero-order chi connectivity index (χ0) is 19.4. The van der Waals surface area contributed by atoms with Crippen LogP contribution in [0.5, 0.6) is 0 Å². The molecule has 0 saturated heterocycles. The van der Waals surface area contributed by atoms with E-state index in [0.29, 0.717) is 17.8 Å². The van der Waals surface area contributed by atoms with Crippen LogP contribution in [0.4, 0.5) is 10.1 Å². The molecule has 0 aromatic heterocycles. The number of amides is 1. The van der Waals surface area contributed by atoms with Crippen LogP contribution in [-0.4, -0.2) is 49.2 Å². The van der Waals surface area contributed by atoms with Gasteiger partial charge in [-0.05, 0) is 43.4 Å². The summed E-state index contributed by atoms with van der Waals surface area (Å²) in [6, 6.07) is 12.3. The summed E-state index contributed by atoms with van der Waals surface area (Å²) in [5.41, 5.74) is 2.47. The van der Waals surface area contributed by atoms with Gasteiger partial charge >= 0.3 is 0 Å². The summed E-state index contributed by atoms with van der Waals surface area (Å²) in [5.74, 6) is -0.414. The molecule has 0 saturated carbocycles. The number of carbonyl (C=O) groups is 1. The Morgan fingerprint density at radius 2 is 1.89 bits per heavy atom. The van der Waals surface area contributed by atoms with E-state index in [1.807, 2.05) is 18.2 Å². The molecule has 0 N–H and O–H groups in total. The predicted octanol–water partition coefficient (Wildman–Crippen LogP) is 4.11. The summed E-state index contributed by atoms with van der Waals surface area (Å²) < 4.78 is 15.3. The maximum absolute atomic E-state index is 14.4. The van der Waals surface area contributed by atoms with Crippen molar-refractivity contribution in [3.05, 3.63) is 63.9 Å². The van der Waals surface area contributed by atoms with Crippen LogP contribution in [0.1, 0.15) is 25.0 Å². The van der Waals surface area contributed by atoms with Crippen LogP contribution in [0.2, 0.25) is 0 Å². The third kappa shape index (κ3) is 4.28. The van der Waals surface area contributed by atoms with Crippen molar-refractivity contribution in [1.82, 2.24) is 4.90 Å². The molecule has 0 aliphatic carbocycles. The lowest BCUT2D eigenvalue weighted by molar-refractivity contribution is -0.117. The largest absolute Gasteiger partial charge is 0.309 e. The zero-order valence-corrected chi connectivity index (χ0v) is 17.2. The molecule has 1 amide bonds. The fourth-order valence-corrected chi connectivity index (χ4v) is 3.66. The summed E-state index contributed by atoms with van der Waals surface area (Å²) >= 11 is 3.49. The first-order valence-electron chi connectivity index (χ1n) is 9.17. The van der Waals surface area contributed by atoms with Crippen LogP contribution in [0.15, 0.2) is 51.9 Å². The van der Waals surface area contributed by atoms with Gasteiger partial charge in [-0.15, -0.1) is 0 Å². The minimum absolute atomic E-state index is 0.00815. The van der Waals surface area contributed by atoms with Gasteiger partial charge in [0.05, 0.1) is 11.4 Å². The van der Waals surface area contributed by atoms with Gasteiger partial charge in [0.1, 0.15) is 12.4 Å². The number of fused-ring (bicyclic) bond motifs is 1. The second kappa shape index (κ2) is 8.76. The molecular weight excluding hydrogens is 409 g/mol. The topological polar surface area (TPSA) is 35.9 Å². The fourth-order valence-electron chi connectivity index (χ4n) is 3.29. The number of aliphatic imine (C=N–C) groups is 1. The standard InChI is InChI=1S/C21H23BrFN3O/c1-3-25(4-2)11-12-26-19-10-9-15(22)13-17(19)21(24-14-20(26)27)16-7-5-6-8-18(16)23/h5-10,13H,3-4,11-12,14H2,1-2H3. The molecule has 2 aromatic carbocycles. The highest BCUT2D eigenvalue weighted by atomic mass is 79.9. The van der Waals surface area contributed by atoms with Crippen LogP contribution in [0, 0.1) is 5.82 Å². The van der Waals surface area contributed by atoms with Crippen LogP contribution in [0.3, 0.4) is 0 Å². The van der Waals surface area contributed by atoms with E-state index in [1.165, 1.54) is 6.07 Å². The third-order valence-corrected chi connectivity index (χ3v) is 5.33. The minimum atomic E-state index is -0.341. The van der Waals surface area contributed by atoms with Gasteiger partial charge in [-0.25, -0.2) is 4.39 Å². The lowest BCUT2D eigenvalue weighted by atomic mass is 9.99. The highest BCUT2D eigenvalue weighted by Crippen LogP contribution is 2.30. The van der Waals surface area contributed by atoms with Gasteiger partial charge in [0, 0.05) is 28.7 Å². The van der Waals surface area contributed by atoms with Crippen LogP contribution >= 0.6 is 15.9 Å². The van der Waals surface area contributed by atoms with Gasteiger partial charge < -0.3 is 9.80 Å². The third-order valence-electron chi connectivity index (χ3n) is 4.84. The minimum Gasteiger partial charge on any atom is -0.309 e. The SMILES string of the molecule is CCN(CC)CCN1C(=O)CN=C(c2ccccc2F)c2cc(Br)ccc21. The maximum Gasteiger partial charge on any atom is 0.248 e. The normalized spacial score (nSPS) is 14.2. The molecule has 0 radical (unpaired) electrons. The molecule has 0 spiro atoms. The molecule has 0 bridgehead atoms. The number of likely N-dealkylation sites (N-methyl/N-ethyl adjacent to an activating group) is 1. The Hall–Kier alpha value is -2.05. The average Bonchev–Trinajstić information content (AvgIpc) is 2.80. The Balaban J connectivity index is 2.04. The highest BCUT2D eigenvalue weighted by Gasteiger charge is 2.26. The van der Waals surface area contributed by atoms with E-state index in [2.05, 4.69) is 39.7 Å². The molecule has 3 rings (SSSR count). The summed E-state index contributed by atoms with van der Waals surface area (Å²) in [5, 5.41) is 0. The molecule has 1 aliphatic heterocycles. The summed E-state index contributed by atoms with van der Waals surface area (Å²) in [4.78, 5) is 21.3. The van der Waals surface area contributed by atoms with Crippen molar-refractivity contribution in [2.24, 2.45) is 4.99 Å². The first-order chi connectivity index (χ1) is 13.0. The van der Waals surface area contributed by atoms with E-state index in [9.17, 15) is 9.18 Å². The lowest BCUT2D eigenvalue weighted by Gasteiger charge is -2.27. The molecule has 0 unspecified atom stereocenters. The first kappa shape index (κ1) is 19.7. The highest BCUT2D eigenvalue weighted by molar-refractivity contribution is 9.10. The van der Waals surface area contributed by atoms with Gasteiger partial charge in [0.2, 0.25) is 5.91 Å². The van der Waals surface area contributed by atoms with Crippen molar-refractivity contribution >= 4 is 33.2 Å². The lowest BCUT2D eigenvalue weighted by Crippen LogP contribution is -2.39. The number of anilines is 1. The number of hydrogen-bond acceptors (Lipinski definition) is 3. The van der Waals surface area contributed by atoms with Gasteiger partial charge in [0.25, 0.3) is 0 Å². The van der Waals surface area contributed by atoms with Crippen molar-refractivity contribution in [2.75, 3.05) is 37.6 Å². The van der Waals surface area contributed by atoms with E-state index in [0.717, 1.165) is 35.4 Å². The molecule has 0 fully saturated rings. The van der Waals surface area contributed by atoms with Crippen molar-refractivity contribution in [2.45, 2.75) is 13.8 Å².